The predicted octanol–water partition coefficient (Wildman–Crippen LogP) is 1.80. The monoisotopic (exact) mass is 290 g/mol. The minimum Gasteiger partial charge on any atom is -0.354 e. The SMILES string of the molecule is CN(C)c1ncc(CN2CCC(C)(CN)C2)s1.Cl. The average molecular weight is 291 g/mol. The summed E-state index contributed by atoms with van der Waals surface area (Å²) in [5.74, 6) is 0. The lowest BCUT2D eigenvalue weighted by Gasteiger charge is -2.22. The number of rotatable bonds is 4. The maximum Gasteiger partial charge on any atom is 0.185 e. The van der Waals surface area contributed by atoms with Crippen molar-refractivity contribution >= 4 is 28.9 Å². The first-order valence-corrected chi connectivity index (χ1v) is 6.88. The number of aromatic nitrogens is 1. The molecular formula is C12H23ClN4S. The number of anilines is 1. The summed E-state index contributed by atoms with van der Waals surface area (Å²) in [6, 6.07) is 0. The third-order valence-corrected chi connectivity index (χ3v) is 4.58. The molecule has 2 heterocycles. The summed E-state index contributed by atoms with van der Waals surface area (Å²) >= 11 is 1.78. The molecule has 2 rings (SSSR count). The first kappa shape index (κ1) is 15.7. The summed E-state index contributed by atoms with van der Waals surface area (Å²) in [5, 5.41) is 1.08. The molecule has 1 aromatic heterocycles. The van der Waals surface area contributed by atoms with Gasteiger partial charge < -0.3 is 10.6 Å². The number of hydrogen-bond acceptors (Lipinski definition) is 5. The van der Waals surface area contributed by atoms with Gasteiger partial charge in [-0.25, -0.2) is 4.98 Å². The highest BCUT2D eigenvalue weighted by Crippen LogP contribution is 2.31. The minimum atomic E-state index is 0. The second-order valence-corrected chi connectivity index (χ2v) is 6.57. The van der Waals surface area contributed by atoms with Crippen molar-refractivity contribution < 1.29 is 0 Å². The Morgan fingerprint density at radius 3 is 2.78 bits per heavy atom. The highest BCUT2D eigenvalue weighted by atomic mass is 35.5. The van der Waals surface area contributed by atoms with Crippen molar-refractivity contribution in [3.8, 4) is 0 Å². The molecule has 0 bridgehead atoms. The van der Waals surface area contributed by atoms with Gasteiger partial charge in [0.05, 0.1) is 0 Å². The van der Waals surface area contributed by atoms with E-state index in [0.717, 1.165) is 31.3 Å². The topological polar surface area (TPSA) is 45.4 Å². The normalized spacial score (nSPS) is 24.0. The number of hydrogen-bond donors (Lipinski definition) is 1. The molecule has 0 aliphatic carbocycles. The lowest BCUT2D eigenvalue weighted by molar-refractivity contribution is 0.276. The molecule has 0 radical (unpaired) electrons. The van der Waals surface area contributed by atoms with Gasteiger partial charge in [0, 0.05) is 38.3 Å². The lowest BCUT2D eigenvalue weighted by atomic mass is 9.90. The molecule has 0 spiro atoms. The zero-order valence-corrected chi connectivity index (χ0v) is 13.0. The van der Waals surface area contributed by atoms with E-state index in [1.165, 1.54) is 11.3 Å². The summed E-state index contributed by atoms with van der Waals surface area (Å²) in [6.45, 7) is 6.35. The third kappa shape index (κ3) is 3.57. The molecule has 6 heteroatoms. The molecule has 1 aliphatic rings. The maximum atomic E-state index is 5.82. The van der Waals surface area contributed by atoms with Crippen LogP contribution in [-0.2, 0) is 6.54 Å². The third-order valence-electron chi connectivity index (χ3n) is 3.43. The Labute approximate surface area is 120 Å². The van der Waals surface area contributed by atoms with Crippen molar-refractivity contribution in [3.63, 3.8) is 0 Å². The van der Waals surface area contributed by atoms with E-state index in [2.05, 4.69) is 21.7 Å². The highest BCUT2D eigenvalue weighted by Gasteiger charge is 2.32. The fraction of sp³-hybridized carbons (Fsp3) is 0.750. The van der Waals surface area contributed by atoms with Crippen LogP contribution in [0.5, 0.6) is 0 Å². The van der Waals surface area contributed by atoms with Crippen LogP contribution < -0.4 is 10.6 Å². The Kier molecular flexibility index (Phi) is 5.40. The quantitative estimate of drug-likeness (QED) is 0.918. The van der Waals surface area contributed by atoms with Crippen LogP contribution in [0.1, 0.15) is 18.2 Å². The van der Waals surface area contributed by atoms with Crippen LogP contribution in [0.25, 0.3) is 0 Å². The molecule has 18 heavy (non-hydrogen) atoms. The van der Waals surface area contributed by atoms with Crippen LogP contribution in [0.15, 0.2) is 6.20 Å². The molecule has 1 fully saturated rings. The molecule has 1 saturated heterocycles. The van der Waals surface area contributed by atoms with Gasteiger partial charge in [0.15, 0.2) is 5.13 Å². The van der Waals surface area contributed by atoms with E-state index in [-0.39, 0.29) is 12.4 Å². The van der Waals surface area contributed by atoms with Gasteiger partial charge in [-0.3, -0.25) is 4.90 Å². The number of nitrogens with zero attached hydrogens (tertiary/aromatic N) is 3. The molecule has 2 N–H and O–H groups in total. The van der Waals surface area contributed by atoms with Gasteiger partial charge in [-0.15, -0.1) is 23.7 Å². The average Bonchev–Trinajstić information content (AvgIpc) is 2.87. The van der Waals surface area contributed by atoms with Crippen LogP contribution in [0.3, 0.4) is 0 Å². The van der Waals surface area contributed by atoms with Crippen LogP contribution in [0.2, 0.25) is 0 Å². The van der Waals surface area contributed by atoms with E-state index >= 15 is 0 Å². The van der Waals surface area contributed by atoms with Gasteiger partial charge >= 0.3 is 0 Å². The van der Waals surface area contributed by atoms with Crippen molar-refractivity contribution in [2.75, 3.05) is 38.6 Å². The van der Waals surface area contributed by atoms with Gasteiger partial charge in [-0.2, -0.15) is 0 Å². The molecular weight excluding hydrogens is 268 g/mol. The van der Waals surface area contributed by atoms with Gasteiger partial charge in [-0.1, -0.05) is 6.92 Å². The van der Waals surface area contributed by atoms with Crippen LogP contribution >= 0.6 is 23.7 Å². The van der Waals surface area contributed by atoms with E-state index in [1.54, 1.807) is 11.3 Å². The molecule has 1 aliphatic heterocycles. The predicted molar refractivity (Wildman–Crippen MR) is 80.7 cm³/mol. The Morgan fingerprint density at radius 2 is 2.28 bits per heavy atom. The van der Waals surface area contributed by atoms with Gasteiger partial charge in [0.25, 0.3) is 0 Å². The highest BCUT2D eigenvalue weighted by molar-refractivity contribution is 7.15. The second-order valence-electron chi connectivity index (χ2n) is 5.48. The molecule has 0 amide bonds. The van der Waals surface area contributed by atoms with E-state index < -0.39 is 0 Å². The molecule has 4 nitrogen and oxygen atoms in total. The fourth-order valence-corrected chi connectivity index (χ4v) is 3.10. The molecule has 104 valence electrons. The van der Waals surface area contributed by atoms with Crippen LogP contribution in [0, 0.1) is 5.41 Å². The number of halogens is 1. The van der Waals surface area contributed by atoms with E-state index in [9.17, 15) is 0 Å². The standard InChI is InChI=1S/C12H22N4S.ClH/c1-12(8-13)4-5-16(9-12)7-10-6-14-11(17-10)15(2)3;/h6H,4-5,7-9,13H2,1-3H3;1H. The Balaban J connectivity index is 0.00000162. The summed E-state index contributed by atoms with van der Waals surface area (Å²) in [4.78, 5) is 10.3. The largest absolute Gasteiger partial charge is 0.354 e. The van der Waals surface area contributed by atoms with Crippen LogP contribution in [-0.4, -0.2) is 43.6 Å². The molecule has 1 atom stereocenters. The number of nitrogens with two attached hydrogens (primary N) is 1. The smallest absolute Gasteiger partial charge is 0.185 e. The van der Waals surface area contributed by atoms with E-state index in [0.29, 0.717) is 5.41 Å². The zero-order valence-electron chi connectivity index (χ0n) is 11.3. The van der Waals surface area contributed by atoms with Gasteiger partial charge in [0.2, 0.25) is 0 Å². The summed E-state index contributed by atoms with van der Waals surface area (Å²) in [6.07, 6.45) is 3.21. The summed E-state index contributed by atoms with van der Waals surface area (Å²) in [5.41, 5.74) is 6.14. The van der Waals surface area contributed by atoms with Crippen molar-refractivity contribution in [2.24, 2.45) is 11.1 Å². The second kappa shape index (κ2) is 6.19. The first-order chi connectivity index (χ1) is 8.02. The molecule has 0 saturated carbocycles. The molecule has 0 aromatic carbocycles. The lowest BCUT2D eigenvalue weighted by Crippen LogP contribution is -2.30. The summed E-state index contributed by atoms with van der Waals surface area (Å²) < 4.78 is 0. The van der Waals surface area contributed by atoms with Crippen LogP contribution in [0.4, 0.5) is 5.13 Å². The fourth-order valence-electron chi connectivity index (χ4n) is 2.22. The minimum absolute atomic E-state index is 0. The van der Waals surface area contributed by atoms with Gasteiger partial charge in [0.1, 0.15) is 0 Å². The van der Waals surface area contributed by atoms with E-state index in [1.807, 2.05) is 20.3 Å². The zero-order chi connectivity index (χ0) is 12.5. The number of likely N-dealkylation sites (tertiary alicyclic amines) is 1. The molecule has 1 aromatic rings. The summed E-state index contributed by atoms with van der Waals surface area (Å²) in [7, 11) is 4.06. The Hall–Kier alpha value is -0.360. The molecule has 1 unspecified atom stereocenters. The van der Waals surface area contributed by atoms with Crippen molar-refractivity contribution in [1.29, 1.82) is 0 Å². The van der Waals surface area contributed by atoms with Crippen molar-refractivity contribution in [1.82, 2.24) is 9.88 Å². The Morgan fingerprint density at radius 1 is 1.56 bits per heavy atom. The first-order valence-electron chi connectivity index (χ1n) is 6.07. The van der Waals surface area contributed by atoms with Crippen molar-refractivity contribution in [3.05, 3.63) is 11.1 Å². The number of thiazole rings is 1. The maximum absolute atomic E-state index is 5.82. The van der Waals surface area contributed by atoms with E-state index in [4.69, 9.17) is 5.73 Å². The Bertz CT molecular complexity index is 382. The van der Waals surface area contributed by atoms with Gasteiger partial charge in [-0.05, 0) is 24.9 Å². The van der Waals surface area contributed by atoms with Crippen molar-refractivity contribution in [2.45, 2.75) is 19.9 Å².